The van der Waals surface area contributed by atoms with Crippen LogP contribution in [0, 0.1) is 11.3 Å². The highest BCUT2D eigenvalue weighted by Gasteiger charge is 2.11. The topological polar surface area (TPSA) is 77.8 Å². The highest BCUT2D eigenvalue weighted by Crippen LogP contribution is 2.29. The van der Waals surface area contributed by atoms with Gasteiger partial charge in [-0.05, 0) is 36.4 Å². The van der Waals surface area contributed by atoms with Gasteiger partial charge in [0, 0.05) is 0 Å². The molecule has 3 rings (SSSR count). The maximum absolute atomic E-state index is 12.3. The molecule has 2 N–H and O–H groups in total. The summed E-state index contributed by atoms with van der Waals surface area (Å²) in [4.78, 5) is 16.5. The molecule has 0 bridgehead atoms. The molecule has 0 atom stereocenters. The first-order valence-electron chi connectivity index (χ1n) is 7.56. The zero-order valence-corrected chi connectivity index (χ0v) is 14.8. The van der Waals surface area contributed by atoms with Crippen molar-refractivity contribution >= 4 is 46.2 Å². The summed E-state index contributed by atoms with van der Waals surface area (Å²) in [6.07, 6.45) is 1.52. The minimum atomic E-state index is -0.404. The molecule has 3 aromatic rings. The van der Waals surface area contributed by atoms with Crippen molar-refractivity contribution in [3.63, 3.8) is 0 Å². The van der Waals surface area contributed by atoms with Crippen molar-refractivity contribution in [2.24, 2.45) is 0 Å². The minimum Gasteiger partial charge on any atom is -0.353 e. The Balaban J connectivity index is 1.74. The lowest BCUT2D eigenvalue weighted by atomic mass is 10.2. The summed E-state index contributed by atoms with van der Waals surface area (Å²) in [6, 6.07) is 17.5. The van der Waals surface area contributed by atoms with Crippen molar-refractivity contribution in [2.75, 3.05) is 10.6 Å². The van der Waals surface area contributed by atoms with Gasteiger partial charge in [0.15, 0.2) is 0 Å². The fourth-order valence-electron chi connectivity index (χ4n) is 2.23. The van der Waals surface area contributed by atoms with Crippen LogP contribution in [-0.2, 0) is 0 Å². The number of nitrogens with one attached hydrogen (secondary N) is 2. The van der Waals surface area contributed by atoms with Crippen LogP contribution in [0.15, 0.2) is 60.8 Å². The second-order valence-corrected chi connectivity index (χ2v) is 6.06. The molecule has 0 fully saturated rings. The van der Waals surface area contributed by atoms with E-state index >= 15 is 0 Å². The van der Waals surface area contributed by atoms with E-state index in [0.717, 1.165) is 0 Å². The Bertz CT molecular complexity index is 997. The molecule has 0 saturated carbocycles. The van der Waals surface area contributed by atoms with E-state index in [1.807, 2.05) is 6.07 Å². The summed E-state index contributed by atoms with van der Waals surface area (Å²) < 4.78 is 0. The number of halogens is 2. The van der Waals surface area contributed by atoms with Gasteiger partial charge >= 0.3 is 0 Å². The summed E-state index contributed by atoms with van der Waals surface area (Å²) in [7, 11) is 0. The second kappa shape index (κ2) is 7.87. The van der Waals surface area contributed by atoms with Crippen molar-refractivity contribution in [2.45, 2.75) is 0 Å². The lowest BCUT2D eigenvalue weighted by molar-refractivity contribution is 0.102. The number of benzene rings is 2. The van der Waals surface area contributed by atoms with Crippen molar-refractivity contribution in [3.8, 4) is 6.07 Å². The summed E-state index contributed by atoms with van der Waals surface area (Å²) in [5.41, 5.74) is 2.48. The van der Waals surface area contributed by atoms with Gasteiger partial charge in [-0.15, -0.1) is 0 Å². The Morgan fingerprint density at radius 1 is 1.00 bits per heavy atom. The molecule has 128 valence electrons. The molecule has 5 nitrogen and oxygen atoms in total. The minimum absolute atomic E-state index is 0.222. The Morgan fingerprint density at radius 2 is 1.77 bits per heavy atom. The van der Waals surface area contributed by atoms with Crippen molar-refractivity contribution in [1.82, 2.24) is 4.98 Å². The molecule has 0 unspecified atom stereocenters. The number of para-hydroxylation sites is 1. The molecule has 0 aliphatic carbocycles. The number of aromatic nitrogens is 1. The lowest BCUT2D eigenvalue weighted by Crippen LogP contribution is -2.14. The lowest BCUT2D eigenvalue weighted by Gasteiger charge is -2.10. The van der Waals surface area contributed by atoms with Crippen LogP contribution in [0.2, 0.25) is 10.0 Å². The third kappa shape index (κ3) is 3.94. The van der Waals surface area contributed by atoms with Crippen LogP contribution in [-0.4, -0.2) is 10.9 Å². The van der Waals surface area contributed by atoms with Crippen molar-refractivity contribution in [3.05, 3.63) is 82.1 Å². The van der Waals surface area contributed by atoms with Crippen LogP contribution in [0.3, 0.4) is 0 Å². The Kier molecular flexibility index (Phi) is 5.37. The van der Waals surface area contributed by atoms with Crippen LogP contribution < -0.4 is 10.6 Å². The maximum Gasteiger partial charge on any atom is 0.274 e. The third-order valence-electron chi connectivity index (χ3n) is 3.52. The van der Waals surface area contributed by atoms with E-state index in [0.29, 0.717) is 27.6 Å². The normalized spacial score (nSPS) is 10.0. The molecule has 0 spiro atoms. The fraction of sp³-hybridized carbons (Fsp3) is 0. The molecule has 0 radical (unpaired) electrons. The number of pyridine rings is 1. The van der Waals surface area contributed by atoms with Crippen molar-refractivity contribution < 1.29 is 4.79 Å². The molecule has 0 aliphatic heterocycles. The van der Waals surface area contributed by atoms with Gasteiger partial charge in [0.05, 0.1) is 38.9 Å². The molecule has 1 amide bonds. The number of amides is 1. The summed E-state index contributed by atoms with van der Waals surface area (Å²) in [5.74, 6) is -0.404. The summed E-state index contributed by atoms with van der Waals surface area (Å²) in [6.45, 7) is 0. The maximum atomic E-state index is 12.3. The van der Waals surface area contributed by atoms with Gasteiger partial charge in [0.1, 0.15) is 11.8 Å². The highest BCUT2D eigenvalue weighted by atomic mass is 35.5. The Labute approximate surface area is 160 Å². The van der Waals surface area contributed by atoms with E-state index < -0.39 is 5.91 Å². The average molecular weight is 383 g/mol. The number of hydrogen-bond acceptors (Lipinski definition) is 4. The zero-order valence-electron chi connectivity index (χ0n) is 13.3. The van der Waals surface area contributed by atoms with Crippen LogP contribution in [0.5, 0.6) is 0 Å². The smallest absolute Gasteiger partial charge is 0.274 e. The highest BCUT2D eigenvalue weighted by molar-refractivity contribution is 6.44. The van der Waals surface area contributed by atoms with Gasteiger partial charge in [-0.3, -0.25) is 4.79 Å². The molecule has 1 heterocycles. The van der Waals surface area contributed by atoms with E-state index in [-0.39, 0.29) is 10.7 Å². The average Bonchev–Trinajstić information content (AvgIpc) is 2.66. The van der Waals surface area contributed by atoms with E-state index in [1.165, 1.54) is 6.20 Å². The number of anilines is 3. The summed E-state index contributed by atoms with van der Waals surface area (Å²) in [5, 5.41) is 15.5. The first-order chi connectivity index (χ1) is 12.6. The zero-order chi connectivity index (χ0) is 18.5. The molecule has 7 heteroatoms. The first-order valence-corrected chi connectivity index (χ1v) is 8.31. The SMILES string of the molecule is N#Cc1ccccc1Nc1ccc(C(=O)Nc2cccc(Cl)c2Cl)nc1. The van der Waals surface area contributed by atoms with Crippen LogP contribution in [0.25, 0.3) is 0 Å². The van der Waals surface area contributed by atoms with Crippen molar-refractivity contribution in [1.29, 1.82) is 5.26 Å². The number of rotatable bonds is 4. The Hall–Kier alpha value is -3.07. The quantitative estimate of drug-likeness (QED) is 0.645. The Morgan fingerprint density at radius 3 is 2.50 bits per heavy atom. The third-order valence-corrected chi connectivity index (χ3v) is 4.34. The van der Waals surface area contributed by atoms with E-state index in [9.17, 15) is 4.79 Å². The first kappa shape index (κ1) is 17.7. The molecule has 1 aromatic heterocycles. The molecular formula is C19H12Cl2N4O. The second-order valence-electron chi connectivity index (χ2n) is 5.27. The van der Waals surface area contributed by atoms with Crippen LogP contribution >= 0.6 is 23.2 Å². The molecule has 26 heavy (non-hydrogen) atoms. The van der Waals surface area contributed by atoms with E-state index in [4.69, 9.17) is 28.5 Å². The standard InChI is InChI=1S/C19H12Cl2N4O/c20-14-5-3-7-16(18(14)21)25-19(26)17-9-8-13(11-23-17)24-15-6-2-1-4-12(15)10-22/h1-9,11,24H,(H,25,26). The number of nitriles is 1. The van der Waals surface area contributed by atoms with Gasteiger partial charge in [-0.2, -0.15) is 5.26 Å². The van der Waals surface area contributed by atoms with E-state index in [1.54, 1.807) is 48.5 Å². The van der Waals surface area contributed by atoms with E-state index in [2.05, 4.69) is 21.7 Å². The van der Waals surface area contributed by atoms with Gasteiger partial charge < -0.3 is 10.6 Å². The van der Waals surface area contributed by atoms with Gasteiger partial charge in [-0.25, -0.2) is 4.98 Å². The predicted molar refractivity (Wildman–Crippen MR) is 103 cm³/mol. The monoisotopic (exact) mass is 382 g/mol. The largest absolute Gasteiger partial charge is 0.353 e. The molecular weight excluding hydrogens is 371 g/mol. The predicted octanol–water partition coefficient (Wildman–Crippen LogP) is 5.26. The van der Waals surface area contributed by atoms with Gasteiger partial charge in [-0.1, -0.05) is 41.4 Å². The fourth-order valence-corrected chi connectivity index (χ4v) is 2.58. The van der Waals surface area contributed by atoms with Gasteiger partial charge in [0.25, 0.3) is 5.91 Å². The van der Waals surface area contributed by atoms with Gasteiger partial charge in [0.2, 0.25) is 0 Å². The van der Waals surface area contributed by atoms with Crippen LogP contribution in [0.4, 0.5) is 17.1 Å². The molecule has 0 saturated heterocycles. The molecule has 2 aromatic carbocycles. The number of nitrogens with zero attached hydrogens (tertiary/aromatic N) is 2. The van der Waals surface area contributed by atoms with Crippen LogP contribution in [0.1, 0.15) is 16.1 Å². The number of hydrogen-bond donors (Lipinski definition) is 2. The number of carbonyl (C=O) groups excluding carboxylic acids is 1. The summed E-state index contributed by atoms with van der Waals surface area (Å²) >= 11 is 12.0. The number of carbonyl (C=O) groups is 1. The molecule has 0 aliphatic rings.